The lowest BCUT2D eigenvalue weighted by molar-refractivity contribution is 0.0912. The van der Waals surface area contributed by atoms with Crippen molar-refractivity contribution < 1.29 is 14.6 Å². The lowest BCUT2D eigenvalue weighted by Crippen LogP contribution is -2.31. The standard InChI is InChI=1S/C11H21NO3/c1-8(2)7-15-11(14)12-5-4-10(6-12)9(3)13/h8-10,13H,4-7H2,1-3H3. The van der Waals surface area contributed by atoms with Crippen LogP contribution in [0, 0.1) is 11.8 Å². The minimum atomic E-state index is -0.340. The first-order valence-electron chi connectivity index (χ1n) is 5.60. The van der Waals surface area contributed by atoms with Crippen LogP contribution in [0.1, 0.15) is 27.2 Å². The van der Waals surface area contributed by atoms with Gasteiger partial charge >= 0.3 is 6.09 Å². The second-order valence-corrected chi connectivity index (χ2v) is 4.71. The van der Waals surface area contributed by atoms with Crippen LogP contribution in [0.4, 0.5) is 4.79 Å². The maximum atomic E-state index is 11.5. The van der Waals surface area contributed by atoms with Gasteiger partial charge in [0.2, 0.25) is 0 Å². The van der Waals surface area contributed by atoms with Crippen molar-refractivity contribution in [3.8, 4) is 0 Å². The van der Waals surface area contributed by atoms with Gasteiger partial charge < -0.3 is 14.7 Å². The van der Waals surface area contributed by atoms with Crippen molar-refractivity contribution in [1.29, 1.82) is 0 Å². The van der Waals surface area contributed by atoms with Gasteiger partial charge in [-0.15, -0.1) is 0 Å². The van der Waals surface area contributed by atoms with Gasteiger partial charge in [0.05, 0.1) is 12.7 Å². The maximum Gasteiger partial charge on any atom is 0.409 e. The predicted molar refractivity (Wildman–Crippen MR) is 57.5 cm³/mol. The molecule has 0 aromatic carbocycles. The van der Waals surface area contributed by atoms with Gasteiger partial charge in [-0.05, 0) is 19.3 Å². The minimum Gasteiger partial charge on any atom is -0.449 e. The molecule has 1 N–H and O–H groups in total. The molecule has 1 rings (SSSR count). The molecule has 2 atom stereocenters. The average molecular weight is 215 g/mol. The van der Waals surface area contributed by atoms with E-state index >= 15 is 0 Å². The Bertz CT molecular complexity index is 216. The summed E-state index contributed by atoms with van der Waals surface area (Å²) in [6, 6.07) is 0. The number of hydrogen-bond donors (Lipinski definition) is 1. The Morgan fingerprint density at radius 1 is 1.53 bits per heavy atom. The zero-order chi connectivity index (χ0) is 11.4. The minimum absolute atomic E-state index is 0.205. The molecule has 4 nitrogen and oxygen atoms in total. The van der Waals surface area contributed by atoms with Gasteiger partial charge in [0.15, 0.2) is 0 Å². The maximum absolute atomic E-state index is 11.5. The Balaban J connectivity index is 2.30. The monoisotopic (exact) mass is 215 g/mol. The third kappa shape index (κ3) is 3.70. The summed E-state index contributed by atoms with van der Waals surface area (Å²) in [5.74, 6) is 0.570. The summed E-state index contributed by atoms with van der Waals surface area (Å²) in [5, 5.41) is 9.39. The van der Waals surface area contributed by atoms with E-state index in [0.29, 0.717) is 25.6 Å². The Hall–Kier alpha value is -0.770. The van der Waals surface area contributed by atoms with Crippen LogP contribution in [0.15, 0.2) is 0 Å². The number of hydrogen-bond acceptors (Lipinski definition) is 3. The normalized spacial score (nSPS) is 23.3. The van der Waals surface area contributed by atoms with Crippen molar-refractivity contribution >= 4 is 6.09 Å². The molecular formula is C11H21NO3. The molecule has 15 heavy (non-hydrogen) atoms. The largest absolute Gasteiger partial charge is 0.449 e. The fourth-order valence-corrected chi connectivity index (χ4v) is 1.68. The van der Waals surface area contributed by atoms with Crippen LogP contribution in [0.3, 0.4) is 0 Å². The van der Waals surface area contributed by atoms with Crippen molar-refractivity contribution in [2.45, 2.75) is 33.3 Å². The van der Waals surface area contributed by atoms with E-state index < -0.39 is 0 Å². The highest BCUT2D eigenvalue weighted by molar-refractivity contribution is 5.67. The fourth-order valence-electron chi connectivity index (χ4n) is 1.68. The molecule has 0 bridgehead atoms. The smallest absolute Gasteiger partial charge is 0.409 e. The number of likely N-dealkylation sites (tertiary alicyclic amines) is 1. The Labute approximate surface area is 91.2 Å². The van der Waals surface area contributed by atoms with E-state index in [1.54, 1.807) is 11.8 Å². The number of carbonyl (C=O) groups excluding carboxylic acids is 1. The number of nitrogens with zero attached hydrogens (tertiary/aromatic N) is 1. The van der Waals surface area contributed by atoms with Crippen molar-refractivity contribution in [3.05, 3.63) is 0 Å². The third-order valence-corrected chi connectivity index (χ3v) is 2.71. The van der Waals surface area contributed by atoms with Crippen LogP contribution in [-0.4, -0.2) is 41.9 Å². The molecule has 1 amide bonds. The van der Waals surface area contributed by atoms with E-state index in [2.05, 4.69) is 0 Å². The Kier molecular flexibility index (Phi) is 4.39. The summed E-state index contributed by atoms with van der Waals surface area (Å²) in [4.78, 5) is 13.2. The van der Waals surface area contributed by atoms with Crippen LogP contribution in [0.2, 0.25) is 0 Å². The topological polar surface area (TPSA) is 49.8 Å². The van der Waals surface area contributed by atoms with Crippen LogP contribution in [0.25, 0.3) is 0 Å². The third-order valence-electron chi connectivity index (χ3n) is 2.71. The molecule has 4 heteroatoms. The lowest BCUT2D eigenvalue weighted by Gasteiger charge is -2.18. The molecule has 0 aromatic heterocycles. The molecule has 1 saturated heterocycles. The summed E-state index contributed by atoms with van der Waals surface area (Å²) < 4.78 is 5.12. The van der Waals surface area contributed by atoms with Crippen LogP contribution >= 0.6 is 0 Å². The highest BCUT2D eigenvalue weighted by Crippen LogP contribution is 2.20. The van der Waals surface area contributed by atoms with Crippen molar-refractivity contribution in [3.63, 3.8) is 0 Å². The average Bonchev–Trinajstić information content (AvgIpc) is 2.62. The van der Waals surface area contributed by atoms with E-state index in [0.717, 1.165) is 6.42 Å². The zero-order valence-electron chi connectivity index (χ0n) is 9.77. The van der Waals surface area contributed by atoms with Crippen molar-refractivity contribution in [2.75, 3.05) is 19.7 Å². The van der Waals surface area contributed by atoms with Crippen LogP contribution in [-0.2, 0) is 4.74 Å². The van der Waals surface area contributed by atoms with Gasteiger partial charge in [0.1, 0.15) is 0 Å². The molecule has 0 aromatic rings. The van der Waals surface area contributed by atoms with E-state index in [4.69, 9.17) is 4.74 Å². The van der Waals surface area contributed by atoms with E-state index in [9.17, 15) is 9.90 Å². The first-order chi connectivity index (χ1) is 7.00. The molecule has 1 heterocycles. The van der Waals surface area contributed by atoms with Gasteiger partial charge in [-0.25, -0.2) is 4.79 Å². The second-order valence-electron chi connectivity index (χ2n) is 4.71. The highest BCUT2D eigenvalue weighted by Gasteiger charge is 2.29. The van der Waals surface area contributed by atoms with Crippen molar-refractivity contribution in [2.24, 2.45) is 11.8 Å². The molecule has 0 saturated carbocycles. The first kappa shape index (κ1) is 12.3. The summed E-state index contributed by atoms with van der Waals surface area (Å²) in [5.41, 5.74) is 0. The lowest BCUT2D eigenvalue weighted by atomic mass is 10.0. The van der Waals surface area contributed by atoms with E-state index in [1.807, 2.05) is 13.8 Å². The van der Waals surface area contributed by atoms with Gasteiger partial charge in [0.25, 0.3) is 0 Å². The quantitative estimate of drug-likeness (QED) is 0.775. The molecule has 2 unspecified atom stereocenters. The first-order valence-corrected chi connectivity index (χ1v) is 5.60. The van der Waals surface area contributed by atoms with E-state index in [-0.39, 0.29) is 18.1 Å². The van der Waals surface area contributed by atoms with Crippen LogP contribution < -0.4 is 0 Å². The number of amides is 1. The molecule has 0 radical (unpaired) electrons. The summed E-state index contributed by atoms with van der Waals surface area (Å²) in [6.45, 7) is 7.58. The van der Waals surface area contributed by atoms with Gasteiger partial charge in [0, 0.05) is 19.0 Å². The Morgan fingerprint density at radius 2 is 2.20 bits per heavy atom. The second kappa shape index (κ2) is 5.35. The van der Waals surface area contributed by atoms with E-state index in [1.165, 1.54) is 0 Å². The molecule has 1 fully saturated rings. The molecular weight excluding hydrogens is 194 g/mol. The SMILES string of the molecule is CC(C)COC(=O)N1CCC(C(C)O)C1. The molecule has 0 aliphatic carbocycles. The summed E-state index contributed by atoms with van der Waals surface area (Å²) in [7, 11) is 0. The van der Waals surface area contributed by atoms with Gasteiger partial charge in [-0.1, -0.05) is 13.8 Å². The Morgan fingerprint density at radius 3 is 2.67 bits per heavy atom. The van der Waals surface area contributed by atoms with Gasteiger partial charge in [-0.2, -0.15) is 0 Å². The zero-order valence-corrected chi connectivity index (χ0v) is 9.77. The number of carbonyl (C=O) groups is 1. The fraction of sp³-hybridized carbons (Fsp3) is 0.909. The van der Waals surface area contributed by atoms with Crippen molar-refractivity contribution in [1.82, 2.24) is 4.90 Å². The number of ether oxygens (including phenoxy) is 1. The predicted octanol–water partition coefficient (Wildman–Crippen LogP) is 1.48. The van der Waals surface area contributed by atoms with Gasteiger partial charge in [-0.3, -0.25) is 0 Å². The van der Waals surface area contributed by atoms with Crippen LogP contribution in [0.5, 0.6) is 0 Å². The summed E-state index contributed by atoms with van der Waals surface area (Å²) >= 11 is 0. The highest BCUT2D eigenvalue weighted by atomic mass is 16.6. The number of aliphatic hydroxyl groups excluding tert-OH is 1. The molecule has 0 spiro atoms. The molecule has 88 valence electrons. The molecule has 1 aliphatic heterocycles. The number of rotatable bonds is 3. The number of aliphatic hydroxyl groups is 1. The summed E-state index contributed by atoms with van der Waals surface area (Å²) in [6.07, 6.45) is 0.286. The molecule has 1 aliphatic rings.